The Labute approximate surface area is 149 Å². The average Bonchev–Trinajstić information content (AvgIpc) is 2.63. The second-order valence-electron chi connectivity index (χ2n) is 5.51. The molecule has 0 spiro atoms. The molecule has 5 heteroatoms. The molecular formula is C21H15F2NO2. The molecule has 0 aliphatic rings. The van der Waals surface area contributed by atoms with Gasteiger partial charge in [-0.3, -0.25) is 4.79 Å². The van der Waals surface area contributed by atoms with Crippen molar-refractivity contribution in [2.24, 2.45) is 0 Å². The average molecular weight is 351 g/mol. The van der Waals surface area contributed by atoms with E-state index in [1.54, 1.807) is 48.5 Å². The van der Waals surface area contributed by atoms with E-state index in [9.17, 15) is 13.6 Å². The number of carbonyl (C=O) groups excluding carboxylic acids is 1. The predicted molar refractivity (Wildman–Crippen MR) is 97.1 cm³/mol. The molecule has 0 aliphatic carbocycles. The topological polar surface area (TPSA) is 38.3 Å². The van der Waals surface area contributed by atoms with Gasteiger partial charge in [0.15, 0.2) is 0 Å². The van der Waals surface area contributed by atoms with Crippen molar-refractivity contribution in [3.05, 3.63) is 91.0 Å². The third-order valence-corrected chi connectivity index (χ3v) is 3.57. The Hall–Kier alpha value is -3.47. The molecule has 130 valence electrons. The maximum Gasteiger partial charge on any atom is 0.247 e. The lowest BCUT2D eigenvalue weighted by atomic mass is 10.1. The maximum absolute atomic E-state index is 13.4. The molecule has 0 radical (unpaired) electrons. The van der Waals surface area contributed by atoms with Gasteiger partial charge in [-0.2, -0.15) is 0 Å². The Morgan fingerprint density at radius 2 is 1.58 bits per heavy atom. The highest BCUT2D eigenvalue weighted by Gasteiger charge is 2.06. The summed E-state index contributed by atoms with van der Waals surface area (Å²) in [5.41, 5.74) is 1.68. The molecule has 1 amide bonds. The fraction of sp³-hybridized carbons (Fsp3) is 0. The van der Waals surface area contributed by atoms with Gasteiger partial charge in [-0.15, -0.1) is 0 Å². The van der Waals surface area contributed by atoms with Crippen LogP contribution in [0.15, 0.2) is 79.4 Å². The quantitative estimate of drug-likeness (QED) is 0.612. The monoisotopic (exact) mass is 351 g/mol. The second kappa shape index (κ2) is 7.61. The van der Waals surface area contributed by atoms with E-state index >= 15 is 0 Å². The van der Waals surface area contributed by atoms with Crippen LogP contribution in [0.5, 0.6) is 11.5 Å². The van der Waals surface area contributed by atoms with Crippen molar-refractivity contribution in [1.29, 1.82) is 0 Å². The third kappa shape index (κ3) is 4.33. The third-order valence-electron chi connectivity index (χ3n) is 3.57. The summed E-state index contributed by atoms with van der Waals surface area (Å²) in [6, 6.07) is 17.1. The molecule has 1 N–H and O–H groups in total. The zero-order valence-corrected chi connectivity index (χ0v) is 13.7. The van der Waals surface area contributed by atoms with Crippen LogP contribution in [0.2, 0.25) is 0 Å². The standard InChI is InChI=1S/C21H15F2NO2/c1-2-21(25)24-18-6-8-19(9-7-18)26-20-5-3-4-14(12-20)15-10-16(22)13-17(23)11-15/h2-13H,1H2,(H,24,25). The lowest BCUT2D eigenvalue weighted by molar-refractivity contribution is -0.111. The van der Waals surface area contributed by atoms with Crippen molar-refractivity contribution < 1.29 is 18.3 Å². The molecular weight excluding hydrogens is 336 g/mol. The highest BCUT2D eigenvalue weighted by Crippen LogP contribution is 2.28. The summed E-state index contributed by atoms with van der Waals surface area (Å²) in [4.78, 5) is 11.3. The highest BCUT2D eigenvalue weighted by atomic mass is 19.1. The summed E-state index contributed by atoms with van der Waals surface area (Å²) in [5.74, 6) is -0.486. The van der Waals surface area contributed by atoms with Gasteiger partial charge >= 0.3 is 0 Å². The molecule has 0 aliphatic heterocycles. The van der Waals surface area contributed by atoms with Gasteiger partial charge in [0.1, 0.15) is 23.1 Å². The number of halogens is 2. The van der Waals surface area contributed by atoms with E-state index in [1.807, 2.05) is 0 Å². The van der Waals surface area contributed by atoms with Crippen molar-refractivity contribution in [3.63, 3.8) is 0 Å². The molecule has 0 fully saturated rings. The Balaban J connectivity index is 1.78. The summed E-state index contributed by atoms with van der Waals surface area (Å²) >= 11 is 0. The van der Waals surface area contributed by atoms with Gasteiger partial charge in [0, 0.05) is 11.8 Å². The van der Waals surface area contributed by atoms with E-state index < -0.39 is 11.6 Å². The van der Waals surface area contributed by atoms with Gasteiger partial charge in [-0.05, 0) is 65.7 Å². The summed E-state index contributed by atoms with van der Waals surface area (Å²) < 4.78 is 32.6. The minimum Gasteiger partial charge on any atom is -0.457 e. The highest BCUT2D eigenvalue weighted by molar-refractivity contribution is 5.98. The van der Waals surface area contributed by atoms with Crippen molar-refractivity contribution in [1.82, 2.24) is 0 Å². The van der Waals surface area contributed by atoms with Crippen LogP contribution in [0.25, 0.3) is 11.1 Å². The molecule has 0 saturated carbocycles. The largest absolute Gasteiger partial charge is 0.457 e. The minimum atomic E-state index is -0.636. The molecule has 3 aromatic carbocycles. The van der Waals surface area contributed by atoms with Gasteiger partial charge in [0.2, 0.25) is 5.91 Å². The molecule has 3 rings (SSSR count). The molecule has 0 aromatic heterocycles. The van der Waals surface area contributed by atoms with Crippen LogP contribution in [0, 0.1) is 11.6 Å². The second-order valence-corrected chi connectivity index (χ2v) is 5.51. The number of ether oxygens (including phenoxy) is 1. The van der Waals surface area contributed by atoms with Crippen LogP contribution >= 0.6 is 0 Å². The van der Waals surface area contributed by atoms with Crippen LogP contribution in [-0.4, -0.2) is 5.91 Å². The van der Waals surface area contributed by atoms with Crippen molar-refractivity contribution >= 4 is 11.6 Å². The van der Waals surface area contributed by atoms with E-state index in [4.69, 9.17) is 4.74 Å². The Morgan fingerprint density at radius 1 is 0.885 bits per heavy atom. The number of benzene rings is 3. The van der Waals surface area contributed by atoms with Crippen LogP contribution in [0.1, 0.15) is 0 Å². The number of hydrogen-bond acceptors (Lipinski definition) is 2. The summed E-state index contributed by atoms with van der Waals surface area (Å²) in [5, 5.41) is 2.64. The molecule has 0 atom stereocenters. The maximum atomic E-state index is 13.4. The zero-order chi connectivity index (χ0) is 18.5. The summed E-state index contributed by atoms with van der Waals surface area (Å²) in [6.07, 6.45) is 1.19. The van der Waals surface area contributed by atoms with Gasteiger partial charge in [-0.25, -0.2) is 8.78 Å². The Kier molecular flexibility index (Phi) is 5.08. The first-order valence-corrected chi connectivity index (χ1v) is 7.81. The first-order chi connectivity index (χ1) is 12.5. The van der Waals surface area contributed by atoms with Gasteiger partial charge < -0.3 is 10.1 Å². The normalized spacial score (nSPS) is 10.2. The van der Waals surface area contributed by atoms with Crippen LogP contribution in [-0.2, 0) is 4.79 Å². The van der Waals surface area contributed by atoms with Crippen molar-refractivity contribution in [2.75, 3.05) is 5.32 Å². The number of carbonyl (C=O) groups is 1. The van der Waals surface area contributed by atoms with Gasteiger partial charge in [0.05, 0.1) is 0 Å². The molecule has 0 heterocycles. The first-order valence-electron chi connectivity index (χ1n) is 7.81. The Morgan fingerprint density at radius 3 is 2.23 bits per heavy atom. The number of anilines is 1. The summed E-state index contributed by atoms with van der Waals surface area (Å²) in [7, 11) is 0. The molecule has 0 unspecified atom stereocenters. The van der Waals surface area contributed by atoms with E-state index in [-0.39, 0.29) is 5.91 Å². The summed E-state index contributed by atoms with van der Waals surface area (Å²) in [6.45, 7) is 3.39. The molecule has 0 saturated heterocycles. The van der Waals surface area contributed by atoms with Crippen LogP contribution < -0.4 is 10.1 Å². The van der Waals surface area contributed by atoms with Crippen LogP contribution in [0.4, 0.5) is 14.5 Å². The lowest BCUT2D eigenvalue weighted by Gasteiger charge is -2.09. The molecule has 3 aromatic rings. The first kappa shape index (κ1) is 17.4. The number of rotatable bonds is 5. The van der Waals surface area contributed by atoms with E-state index in [2.05, 4.69) is 11.9 Å². The molecule has 0 bridgehead atoms. The van der Waals surface area contributed by atoms with Gasteiger partial charge in [-0.1, -0.05) is 18.7 Å². The fourth-order valence-electron chi connectivity index (χ4n) is 2.40. The van der Waals surface area contributed by atoms with Gasteiger partial charge in [0.25, 0.3) is 0 Å². The van der Waals surface area contributed by atoms with E-state index in [1.165, 1.54) is 18.2 Å². The van der Waals surface area contributed by atoms with E-state index in [0.29, 0.717) is 28.3 Å². The smallest absolute Gasteiger partial charge is 0.247 e. The number of hydrogen-bond donors (Lipinski definition) is 1. The SMILES string of the molecule is C=CC(=O)Nc1ccc(Oc2cccc(-c3cc(F)cc(F)c3)c2)cc1. The van der Waals surface area contributed by atoms with Crippen molar-refractivity contribution in [2.45, 2.75) is 0 Å². The fourth-order valence-corrected chi connectivity index (χ4v) is 2.40. The molecule has 26 heavy (non-hydrogen) atoms. The number of amides is 1. The number of nitrogens with one attached hydrogen (secondary N) is 1. The predicted octanol–water partition coefficient (Wildman–Crippen LogP) is 5.55. The zero-order valence-electron chi connectivity index (χ0n) is 13.7. The lowest BCUT2D eigenvalue weighted by Crippen LogP contribution is -2.06. The molecule has 3 nitrogen and oxygen atoms in total. The van der Waals surface area contributed by atoms with E-state index in [0.717, 1.165) is 6.07 Å². The minimum absolute atomic E-state index is 0.298. The Bertz CT molecular complexity index is 932. The van der Waals surface area contributed by atoms with Crippen molar-refractivity contribution in [3.8, 4) is 22.6 Å². The van der Waals surface area contributed by atoms with Crippen LogP contribution in [0.3, 0.4) is 0 Å².